The third-order valence-corrected chi connectivity index (χ3v) is 2.80. The minimum absolute atomic E-state index is 0.461. The summed E-state index contributed by atoms with van der Waals surface area (Å²) in [6.45, 7) is 7.77. The maximum absolute atomic E-state index is 12.4. The number of alkyl halides is 3. The van der Waals surface area contributed by atoms with Gasteiger partial charge in [-0.25, -0.2) is 0 Å². The number of rotatable bonds is 5. The van der Waals surface area contributed by atoms with Crippen LogP contribution in [0.4, 0.5) is 13.2 Å². The van der Waals surface area contributed by atoms with Crippen LogP contribution in [-0.4, -0.2) is 6.72 Å². The minimum Gasteiger partial charge on any atom is -0.383 e. The molecule has 0 amide bonds. The highest BCUT2D eigenvalue weighted by molar-refractivity contribution is 5.30. The molecule has 5 heteroatoms. The van der Waals surface area contributed by atoms with Crippen LogP contribution in [0.25, 0.3) is 0 Å². The number of allylic oxidation sites excluding steroid dienone is 2. The van der Waals surface area contributed by atoms with Crippen molar-refractivity contribution in [3.63, 3.8) is 0 Å². The summed E-state index contributed by atoms with van der Waals surface area (Å²) < 4.78 is 37.2. The first-order valence-electron chi connectivity index (χ1n) is 5.95. The lowest BCUT2D eigenvalue weighted by Gasteiger charge is -2.11. The van der Waals surface area contributed by atoms with Gasteiger partial charge in [-0.2, -0.15) is 13.2 Å². The molecule has 0 spiro atoms. The summed E-state index contributed by atoms with van der Waals surface area (Å²) in [6, 6.07) is 5.11. The maximum Gasteiger partial charge on any atom is 0.416 e. The van der Waals surface area contributed by atoms with Gasteiger partial charge >= 0.3 is 6.18 Å². The fourth-order valence-corrected chi connectivity index (χ4v) is 1.64. The smallest absolute Gasteiger partial charge is 0.383 e. The zero-order chi connectivity index (χ0) is 14.5. The van der Waals surface area contributed by atoms with Gasteiger partial charge in [0.15, 0.2) is 0 Å². The van der Waals surface area contributed by atoms with Gasteiger partial charge in [-0.15, -0.1) is 0 Å². The van der Waals surface area contributed by atoms with Gasteiger partial charge in [-0.1, -0.05) is 19.1 Å². The summed E-state index contributed by atoms with van der Waals surface area (Å²) in [5, 5.41) is 3.12. The van der Waals surface area contributed by atoms with Gasteiger partial charge in [0.2, 0.25) is 0 Å². The third kappa shape index (κ3) is 4.43. The summed E-state index contributed by atoms with van der Waals surface area (Å²) >= 11 is 0. The Hall–Kier alpha value is -1.78. The summed E-state index contributed by atoms with van der Waals surface area (Å²) in [7, 11) is 0. The lowest BCUT2D eigenvalue weighted by molar-refractivity contribution is -0.137. The number of halogens is 3. The molecule has 2 nitrogen and oxygen atoms in total. The van der Waals surface area contributed by atoms with E-state index in [-0.39, 0.29) is 0 Å². The second-order valence-corrected chi connectivity index (χ2v) is 4.13. The number of nitrogens with zero attached hydrogens (tertiary/aromatic N) is 1. The molecule has 1 aromatic carbocycles. The van der Waals surface area contributed by atoms with Crippen molar-refractivity contribution >= 4 is 6.72 Å². The predicted molar refractivity (Wildman–Crippen MR) is 70.8 cm³/mol. The van der Waals surface area contributed by atoms with Crippen molar-refractivity contribution < 1.29 is 13.2 Å². The van der Waals surface area contributed by atoms with Crippen LogP contribution in [0.3, 0.4) is 0 Å². The van der Waals surface area contributed by atoms with Crippen molar-refractivity contribution in [1.82, 2.24) is 5.32 Å². The molecule has 0 atom stereocenters. The van der Waals surface area contributed by atoms with Crippen molar-refractivity contribution in [3.05, 3.63) is 46.8 Å². The molecule has 0 aliphatic carbocycles. The van der Waals surface area contributed by atoms with E-state index in [4.69, 9.17) is 0 Å². The first-order chi connectivity index (χ1) is 8.88. The summed E-state index contributed by atoms with van der Waals surface area (Å²) in [4.78, 5) is 3.88. The van der Waals surface area contributed by atoms with Gasteiger partial charge in [0.05, 0.1) is 11.3 Å². The molecule has 0 aliphatic heterocycles. The zero-order valence-corrected chi connectivity index (χ0v) is 11.0. The van der Waals surface area contributed by atoms with Crippen molar-refractivity contribution in [2.75, 3.05) is 0 Å². The fourth-order valence-electron chi connectivity index (χ4n) is 1.64. The Morgan fingerprint density at radius 3 is 2.26 bits per heavy atom. The summed E-state index contributed by atoms with van der Waals surface area (Å²) in [5.41, 5.74) is 1.89. The Balaban J connectivity index is 2.70. The van der Waals surface area contributed by atoms with Gasteiger partial charge in [0.25, 0.3) is 0 Å². The molecule has 0 radical (unpaired) electrons. The van der Waals surface area contributed by atoms with Gasteiger partial charge in [0, 0.05) is 12.2 Å². The van der Waals surface area contributed by atoms with Crippen LogP contribution >= 0.6 is 0 Å². The molecule has 0 bridgehead atoms. The van der Waals surface area contributed by atoms with Gasteiger partial charge in [0.1, 0.15) is 0 Å². The standard InChI is InChI=1S/C14H17F3N2/c1-4-13(18-3)10(2)19-9-11-5-7-12(8-6-11)14(15,16)17/h5-8,19H,3-4,9H2,1-2H3/b13-10-. The number of hydrogen-bond donors (Lipinski definition) is 1. The normalized spacial score (nSPS) is 12.9. The van der Waals surface area contributed by atoms with E-state index in [1.165, 1.54) is 12.1 Å². The van der Waals surface area contributed by atoms with Gasteiger partial charge in [-0.3, -0.25) is 4.99 Å². The SMILES string of the molecule is C=N/C(CC)=C(/C)NCc1ccc(C(F)(F)F)cc1. The average molecular weight is 270 g/mol. The second kappa shape index (κ2) is 6.41. The van der Waals surface area contributed by atoms with Crippen molar-refractivity contribution in [2.45, 2.75) is 33.0 Å². The van der Waals surface area contributed by atoms with E-state index in [1.54, 1.807) is 0 Å². The first-order valence-corrected chi connectivity index (χ1v) is 5.95. The second-order valence-electron chi connectivity index (χ2n) is 4.13. The van der Waals surface area contributed by atoms with Crippen LogP contribution in [0.2, 0.25) is 0 Å². The minimum atomic E-state index is -4.29. The van der Waals surface area contributed by atoms with Crippen LogP contribution < -0.4 is 5.32 Å². The van der Waals surface area contributed by atoms with E-state index in [1.807, 2.05) is 13.8 Å². The number of nitrogens with one attached hydrogen (secondary N) is 1. The molecule has 19 heavy (non-hydrogen) atoms. The quantitative estimate of drug-likeness (QED) is 0.799. The van der Waals surface area contributed by atoms with Crippen molar-refractivity contribution in [1.29, 1.82) is 0 Å². The number of benzene rings is 1. The number of hydrogen-bond acceptors (Lipinski definition) is 2. The number of aliphatic imine (C=N–C) groups is 1. The molecule has 0 saturated carbocycles. The maximum atomic E-state index is 12.4. The molecule has 1 rings (SSSR count). The Morgan fingerprint density at radius 1 is 1.26 bits per heavy atom. The molecule has 0 unspecified atom stereocenters. The molecule has 0 aliphatic rings. The molecule has 0 aromatic heterocycles. The summed E-state index contributed by atoms with van der Waals surface area (Å²) in [5.74, 6) is 0. The highest BCUT2D eigenvalue weighted by Crippen LogP contribution is 2.29. The highest BCUT2D eigenvalue weighted by atomic mass is 19.4. The fraction of sp³-hybridized carbons (Fsp3) is 0.357. The summed E-state index contributed by atoms with van der Waals surface area (Å²) in [6.07, 6.45) is -3.53. The molecule has 1 aromatic rings. The van der Waals surface area contributed by atoms with Crippen LogP contribution in [0.1, 0.15) is 31.4 Å². The monoisotopic (exact) mass is 270 g/mol. The lowest BCUT2D eigenvalue weighted by atomic mass is 10.1. The van der Waals surface area contributed by atoms with Crippen LogP contribution in [-0.2, 0) is 12.7 Å². The highest BCUT2D eigenvalue weighted by Gasteiger charge is 2.29. The van der Waals surface area contributed by atoms with Crippen molar-refractivity contribution in [3.8, 4) is 0 Å². The molecular weight excluding hydrogens is 253 g/mol. The topological polar surface area (TPSA) is 24.4 Å². The van der Waals surface area contributed by atoms with Crippen LogP contribution in [0.5, 0.6) is 0 Å². The third-order valence-electron chi connectivity index (χ3n) is 2.80. The van der Waals surface area contributed by atoms with Crippen molar-refractivity contribution in [2.24, 2.45) is 4.99 Å². The van der Waals surface area contributed by atoms with E-state index in [0.717, 1.165) is 35.5 Å². The molecule has 104 valence electrons. The van der Waals surface area contributed by atoms with Gasteiger partial charge < -0.3 is 5.32 Å². The van der Waals surface area contributed by atoms with Crippen LogP contribution in [0.15, 0.2) is 40.7 Å². The average Bonchev–Trinajstić information content (AvgIpc) is 2.37. The lowest BCUT2D eigenvalue weighted by Crippen LogP contribution is -2.12. The largest absolute Gasteiger partial charge is 0.416 e. The Bertz CT molecular complexity index is 459. The molecule has 1 N–H and O–H groups in total. The molecule has 0 fully saturated rings. The Morgan fingerprint density at radius 2 is 1.84 bits per heavy atom. The van der Waals surface area contributed by atoms with Crippen LogP contribution in [0, 0.1) is 0 Å². The van der Waals surface area contributed by atoms with E-state index in [0.29, 0.717) is 6.54 Å². The van der Waals surface area contributed by atoms with E-state index in [9.17, 15) is 13.2 Å². The predicted octanol–water partition coefficient (Wildman–Crippen LogP) is 4.14. The molecule has 0 heterocycles. The zero-order valence-electron chi connectivity index (χ0n) is 11.0. The van der Waals surface area contributed by atoms with E-state index < -0.39 is 11.7 Å². The molecule has 0 saturated heterocycles. The van der Waals surface area contributed by atoms with E-state index >= 15 is 0 Å². The molecular formula is C14H17F3N2. The first kappa shape index (κ1) is 15.3. The Kier molecular flexibility index (Phi) is 5.15. The Labute approximate surface area is 111 Å². The van der Waals surface area contributed by atoms with E-state index in [2.05, 4.69) is 17.0 Å². The van der Waals surface area contributed by atoms with Gasteiger partial charge in [-0.05, 0) is 37.8 Å².